The number of anilines is 1. The average Bonchev–Trinajstić information content (AvgIpc) is 2.47. The average molecular weight is 287 g/mol. The van der Waals surface area contributed by atoms with Gasteiger partial charge in [0.25, 0.3) is 0 Å². The molecule has 110 valence electrons. The first-order chi connectivity index (χ1) is 10.1. The standard InChI is InChI=1S/C15H17N3O3/c1-11-4-3-5-12(10-11)8-9-16-15-13(18(19)20)6-7-14(17-15)21-2/h3-7,10H,8-9H2,1-2H3,(H,16,17). The summed E-state index contributed by atoms with van der Waals surface area (Å²) in [6.45, 7) is 2.59. The number of rotatable bonds is 6. The first-order valence-corrected chi connectivity index (χ1v) is 6.59. The Morgan fingerprint density at radius 3 is 2.81 bits per heavy atom. The summed E-state index contributed by atoms with van der Waals surface area (Å²) in [5, 5.41) is 14.0. The quantitative estimate of drug-likeness (QED) is 0.653. The van der Waals surface area contributed by atoms with Gasteiger partial charge in [0.2, 0.25) is 11.7 Å². The number of aryl methyl sites for hydroxylation is 1. The van der Waals surface area contributed by atoms with Crippen molar-refractivity contribution in [1.82, 2.24) is 4.98 Å². The monoisotopic (exact) mass is 287 g/mol. The molecule has 0 saturated heterocycles. The molecule has 1 aromatic heterocycles. The van der Waals surface area contributed by atoms with E-state index in [4.69, 9.17) is 4.74 Å². The molecule has 6 nitrogen and oxygen atoms in total. The van der Waals surface area contributed by atoms with E-state index < -0.39 is 4.92 Å². The van der Waals surface area contributed by atoms with Gasteiger partial charge in [0.15, 0.2) is 0 Å². The van der Waals surface area contributed by atoms with Gasteiger partial charge in [0.1, 0.15) is 0 Å². The summed E-state index contributed by atoms with van der Waals surface area (Å²) in [7, 11) is 1.48. The van der Waals surface area contributed by atoms with Crippen LogP contribution in [0.3, 0.4) is 0 Å². The molecule has 6 heteroatoms. The number of nitrogens with one attached hydrogen (secondary N) is 1. The molecule has 2 aromatic rings. The van der Waals surface area contributed by atoms with E-state index >= 15 is 0 Å². The van der Waals surface area contributed by atoms with E-state index in [2.05, 4.69) is 16.4 Å². The van der Waals surface area contributed by atoms with Crippen molar-refractivity contribution in [3.8, 4) is 5.88 Å². The van der Waals surface area contributed by atoms with E-state index in [1.54, 1.807) is 0 Å². The number of aromatic nitrogens is 1. The Hall–Kier alpha value is -2.63. The molecular weight excluding hydrogens is 270 g/mol. The van der Waals surface area contributed by atoms with Gasteiger partial charge in [0.05, 0.1) is 12.0 Å². The van der Waals surface area contributed by atoms with Crippen LogP contribution in [0, 0.1) is 17.0 Å². The Morgan fingerprint density at radius 1 is 1.33 bits per heavy atom. The van der Waals surface area contributed by atoms with E-state index in [0.29, 0.717) is 12.4 Å². The van der Waals surface area contributed by atoms with E-state index in [1.165, 1.54) is 30.4 Å². The van der Waals surface area contributed by atoms with Gasteiger partial charge in [-0.15, -0.1) is 0 Å². The maximum atomic E-state index is 11.0. The van der Waals surface area contributed by atoms with Crippen LogP contribution in [0.2, 0.25) is 0 Å². The third kappa shape index (κ3) is 3.92. The number of benzene rings is 1. The van der Waals surface area contributed by atoms with Crippen molar-refractivity contribution < 1.29 is 9.66 Å². The molecule has 1 aromatic carbocycles. The predicted molar refractivity (Wildman–Crippen MR) is 80.8 cm³/mol. The van der Waals surface area contributed by atoms with Gasteiger partial charge in [-0.3, -0.25) is 10.1 Å². The van der Waals surface area contributed by atoms with Crippen LogP contribution in [0.25, 0.3) is 0 Å². The van der Waals surface area contributed by atoms with Crippen LogP contribution < -0.4 is 10.1 Å². The van der Waals surface area contributed by atoms with Crippen molar-refractivity contribution in [3.05, 3.63) is 57.6 Å². The normalized spacial score (nSPS) is 10.2. The molecular formula is C15H17N3O3. The Bertz CT molecular complexity index is 644. The van der Waals surface area contributed by atoms with Crippen molar-refractivity contribution in [1.29, 1.82) is 0 Å². The number of pyridine rings is 1. The predicted octanol–water partition coefficient (Wildman–Crippen LogP) is 2.96. The van der Waals surface area contributed by atoms with Crippen LogP contribution in [0.5, 0.6) is 5.88 Å². The molecule has 0 amide bonds. The minimum absolute atomic E-state index is 0.0555. The summed E-state index contributed by atoms with van der Waals surface area (Å²) >= 11 is 0. The number of methoxy groups -OCH3 is 1. The highest BCUT2D eigenvalue weighted by molar-refractivity contribution is 5.57. The Kier molecular flexibility index (Phi) is 4.71. The second-order valence-corrected chi connectivity index (χ2v) is 4.64. The zero-order valence-electron chi connectivity index (χ0n) is 12.0. The Balaban J connectivity index is 2.06. The van der Waals surface area contributed by atoms with Crippen LogP contribution in [-0.2, 0) is 6.42 Å². The molecule has 2 rings (SSSR count). The van der Waals surface area contributed by atoms with Crippen molar-refractivity contribution in [3.63, 3.8) is 0 Å². The fraction of sp³-hybridized carbons (Fsp3) is 0.267. The van der Waals surface area contributed by atoms with Gasteiger partial charge >= 0.3 is 5.69 Å². The lowest BCUT2D eigenvalue weighted by Gasteiger charge is -2.08. The van der Waals surface area contributed by atoms with Crippen molar-refractivity contribution in [2.75, 3.05) is 19.0 Å². The lowest BCUT2D eigenvalue weighted by atomic mass is 10.1. The van der Waals surface area contributed by atoms with E-state index in [1.807, 2.05) is 25.1 Å². The summed E-state index contributed by atoms with van der Waals surface area (Å²) < 4.78 is 5.00. The molecule has 0 spiro atoms. The van der Waals surface area contributed by atoms with Gasteiger partial charge in [-0.2, -0.15) is 4.98 Å². The topological polar surface area (TPSA) is 77.3 Å². The summed E-state index contributed by atoms with van der Waals surface area (Å²) in [5.41, 5.74) is 2.31. The molecule has 0 atom stereocenters. The minimum Gasteiger partial charge on any atom is -0.481 e. The smallest absolute Gasteiger partial charge is 0.311 e. The Morgan fingerprint density at radius 2 is 2.14 bits per heavy atom. The highest BCUT2D eigenvalue weighted by Gasteiger charge is 2.15. The molecule has 0 aliphatic rings. The third-order valence-electron chi connectivity index (χ3n) is 3.04. The highest BCUT2D eigenvalue weighted by atomic mass is 16.6. The van der Waals surface area contributed by atoms with E-state index in [9.17, 15) is 10.1 Å². The fourth-order valence-electron chi connectivity index (χ4n) is 2.02. The lowest BCUT2D eigenvalue weighted by Crippen LogP contribution is -2.09. The summed E-state index contributed by atoms with van der Waals surface area (Å²) in [6, 6.07) is 11.0. The van der Waals surface area contributed by atoms with Gasteiger partial charge in [-0.05, 0) is 18.9 Å². The lowest BCUT2D eigenvalue weighted by molar-refractivity contribution is -0.384. The van der Waals surface area contributed by atoms with Crippen LogP contribution in [-0.4, -0.2) is 23.6 Å². The SMILES string of the molecule is COc1ccc([N+](=O)[O-])c(NCCc2cccc(C)c2)n1. The zero-order valence-corrected chi connectivity index (χ0v) is 12.0. The molecule has 1 N–H and O–H groups in total. The van der Waals surface area contributed by atoms with Gasteiger partial charge in [0, 0.05) is 18.7 Å². The molecule has 21 heavy (non-hydrogen) atoms. The van der Waals surface area contributed by atoms with Crippen molar-refractivity contribution in [2.45, 2.75) is 13.3 Å². The molecule has 1 heterocycles. The zero-order chi connectivity index (χ0) is 15.2. The molecule has 0 aliphatic heterocycles. The first-order valence-electron chi connectivity index (χ1n) is 6.59. The molecule has 0 unspecified atom stereocenters. The third-order valence-corrected chi connectivity index (χ3v) is 3.04. The molecule has 0 saturated carbocycles. The van der Waals surface area contributed by atoms with Crippen LogP contribution in [0.4, 0.5) is 11.5 Å². The van der Waals surface area contributed by atoms with E-state index in [0.717, 1.165) is 6.42 Å². The molecule has 0 fully saturated rings. The number of hydrogen-bond acceptors (Lipinski definition) is 5. The van der Waals surface area contributed by atoms with Gasteiger partial charge in [-0.25, -0.2) is 0 Å². The highest BCUT2D eigenvalue weighted by Crippen LogP contribution is 2.24. The second kappa shape index (κ2) is 6.69. The summed E-state index contributed by atoms with van der Waals surface area (Å²) in [6.07, 6.45) is 0.762. The second-order valence-electron chi connectivity index (χ2n) is 4.64. The molecule has 0 bridgehead atoms. The number of ether oxygens (including phenoxy) is 1. The first kappa shape index (κ1) is 14.8. The number of hydrogen-bond donors (Lipinski definition) is 1. The van der Waals surface area contributed by atoms with Gasteiger partial charge in [-0.1, -0.05) is 29.8 Å². The Labute approximate surface area is 122 Å². The maximum Gasteiger partial charge on any atom is 0.311 e. The largest absolute Gasteiger partial charge is 0.481 e. The van der Waals surface area contributed by atoms with Gasteiger partial charge < -0.3 is 10.1 Å². The van der Waals surface area contributed by atoms with Crippen LogP contribution in [0.1, 0.15) is 11.1 Å². The number of nitro groups is 1. The van der Waals surface area contributed by atoms with Crippen LogP contribution >= 0.6 is 0 Å². The molecule has 0 radical (unpaired) electrons. The maximum absolute atomic E-state index is 11.0. The fourth-order valence-corrected chi connectivity index (χ4v) is 2.02. The summed E-state index contributed by atoms with van der Waals surface area (Å²) in [5.74, 6) is 0.575. The van der Waals surface area contributed by atoms with Crippen molar-refractivity contribution >= 4 is 11.5 Å². The number of nitrogens with zero attached hydrogens (tertiary/aromatic N) is 2. The molecule has 0 aliphatic carbocycles. The minimum atomic E-state index is -0.457. The van der Waals surface area contributed by atoms with Crippen LogP contribution in [0.15, 0.2) is 36.4 Å². The summed E-state index contributed by atoms with van der Waals surface area (Å²) in [4.78, 5) is 14.6. The van der Waals surface area contributed by atoms with Crippen molar-refractivity contribution in [2.24, 2.45) is 0 Å². The van der Waals surface area contributed by atoms with E-state index in [-0.39, 0.29) is 11.5 Å².